The number of rotatable bonds is 5. The van der Waals surface area contributed by atoms with E-state index >= 15 is 0 Å². The molecule has 8 atom stereocenters. The normalized spacial score (nSPS) is 42.3. The lowest BCUT2D eigenvalue weighted by Gasteiger charge is -2.58. The fraction of sp³-hybridized carbons (Fsp3) is 0.808. The molecule has 172 valence electrons. The SMILES string of the molecule is CC(=O)C(CC(C)C)NC(=O)C1CC[C@H]2[C@@H]3CCC4NC(=O)C=C[C@]4(C)[C@@H]3CC[C@]12C. The highest BCUT2D eigenvalue weighted by Crippen LogP contribution is 2.65. The minimum atomic E-state index is -0.364. The molecule has 5 nitrogen and oxygen atoms in total. The van der Waals surface area contributed by atoms with Gasteiger partial charge in [-0.25, -0.2) is 0 Å². The van der Waals surface area contributed by atoms with Gasteiger partial charge in [0.25, 0.3) is 0 Å². The van der Waals surface area contributed by atoms with Crippen molar-refractivity contribution in [2.45, 2.75) is 91.6 Å². The highest BCUT2D eigenvalue weighted by atomic mass is 16.2. The Morgan fingerprint density at radius 3 is 2.55 bits per heavy atom. The minimum Gasteiger partial charge on any atom is -0.349 e. The second kappa shape index (κ2) is 8.04. The van der Waals surface area contributed by atoms with E-state index in [1.54, 1.807) is 13.0 Å². The van der Waals surface area contributed by atoms with Gasteiger partial charge in [0.05, 0.1) is 6.04 Å². The van der Waals surface area contributed by atoms with Crippen LogP contribution in [0.25, 0.3) is 0 Å². The van der Waals surface area contributed by atoms with Gasteiger partial charge >= 0.3 is 0 Å². The van der Waals surface area contributed by atoms with Crippen LogP contribution in [0.5, 0.6) is 0 Å². The summed E-state index contributed by atoms with van der Waals surface area (Å²) < 4.78 is 0. The third-order valence-corrected chi connectivity index (χ3v) is 9.52. The predicted molar refractivity (Wildman–Crippen MR) is 121 cm³/mol. The maximum absolute atomic E-state index is 13.4. The second-order valence-electron chi connectivity index (χ2n) is 11.7. The van der Waals surface area contributed by atoms with Crippen molar-refractivity contribution in [2.24, 2.45) is 40.4 Å². The molecule has 3 unspecified atom stereocenters. The van der Waals surface area contributed by atoms with Gasteiger partial charge in [0.1, 0.15) is 0 Å². The summed E-state index contributed by atoms with van der Waals surface area (Å²) in [6.07, 6.45) is 11.0. The summed E-state index contributed by atoms with van der Waals surface area (Å²) in [6, 6.07) is -0.125. The van der Waals surface area contributed by atoms with E-state index < -0.39 is 0 Å². The van der Waals surface area contributed by atoms with Crippen LogP contribution >= 0.6 is 0 Å². The smallest absolute Gasteiger partial charge is 0.243 e. The molecule has 1 heterocycles. The van der Waals surface area contributed by atoms with Crippen molar-refractivity contribution in [1.82, 2.24) is 10.6 Å². The van der Waals surface area contributed by atoms with E-state index in [4.69, 9.17) is 0 Å². The van der Waals surface area contributed by atoms with Gasteiger partial charge in [-0.15, -0.1) is 0 Å². The number of Topliss-reactive ketones (excluding diaryl/α,β-unsaturated/α-hetero) is 1. The Bertz CT molecular complexity index is 790. The first-order valence-corrected chi connectivity index (χ1v) is 12.4. The largest absolute Gasteiger partial charge is 0.349 e. The zero-order valence-electron chi connectivity index (χ0n) is 19.9. The molecule has 31 heavy (non-hydrogen) atoms. The van der Waals surface area contributed by atoms with Crippen LogP contribution in [0.1, 0.15) is 79.6 Å². The van der Waals surface area contributed by atoms with Crippen LogP contribution in [0, 0.1) is 40.4 Å². The monoisotopic (exact) mass is 428 g/mol. The lowest BCUT2D eigenvalue weighted by atomic mass is 9.48. The van der Waals surface area contributed by atoms with E-state index in [2.05, 4.69) is 44.4 Å². The first-order chi connectivity index (χ1) is 14.6. The molecular formula is C26H40N2O3. The topological polar surface area (TPSA) is 75.3 Å². The first-order valence-electron chi connectivity index (χ1n) is 12.4. The minimum absolute atomic E-state index is 0.000377. The average Bonchev–Trinajstić information content (AvgIpc) is 3.05. The van der Waals surface area contributed by atoms with Crippen molar-refractivity contribution < 1.29 is 14.4 Å². The second-order valence-corrected chi connectivity index (χ2v) is 11.7. The summed E-state index contributed by atoms with van der Waals surface area (Å²) in [5.74, 6) is 2.28. The Morgan fingerprint density at radius 1 is 1.13 bits per heavy atom. The van der Waals surface area contributed by atoms with Crippen molar-refractivity contribution in [3.8, 4) is 0 Å². The van der Waals surface area contributed by atoms with E-state index in [0.29, 0.717) is 30.1 Å². The van der Waals surface area contributed by atoms with Crippen LogP contribution in [-0.2, 0) is 14.4 Å². The molecule has 0 spiro atoms. The fourth-order valence-electron chi connectivity index (χ4n) is 7.83. The molecule has 3 saturated carbocycles. The summed E-state index contributed by atoms with van der Waals surface area (Å²) in [4.78, 5) is 37.4. The molecule has 2 amide bonds. The first kappa shape index (κ1) is 22.5. The molecule has 0 radical (unpaired) electrons. The van der Waals surface area contributed by atoms with Crippen LogP contribution in [0.3, 0.4) is 0 Å². The van der Waals surface area contributed by atoms with E-state index in [9.17, 15) is 14.4 Å². The molecule has 3 fully saturated rings. The molecule has 1 aliphatic heterocycles. The van der Waals surface area contributed by atoms with Gasteiger partial charge in [-0.1, -0.05) is 33.8 Å². The number of carbonyl (C=O) groups excluding carboxylic acids is 3. The van der Waals surface area contributed by atoms with E-state index in [1.165, 1.54) is 0 Å². The number of hydrogen-bond acceptors (Lipinski definition) is 3. The number of fused-ring (bicyclic) bond motifs is 5. The Kier molecular flexibility index (Phi) is 5.85. The third-order valence-electron chi connectivity index (χ3n) is 9.52. The molecule has 0 aromatic rings. The molecule has 0 saturated heterocycles. The maximum Gasteiger partial charge on any atom is 0.243 e. The maximum atomic E-state index is 13.4. The Balaban J connectivity index is 1.52. The van der Waals surface area contributed by atoms with Crippen LogP contribution in [0.4, 0.5) is 0 Å². The lowest BCUT2D eigenvalue weighted by Crippen LogP contribution is -2.59. The zero-order valence-corrected chi connectivity index (χ0v) is 19.9. The van der Waals surface area contributed by atoms with Crippen LogP contribution in [-0.4, -0.2) is 29.7 Å². The van der Waals surface area contributed by atoms with Gasteiger partial charge < -0.3 is 10.6 Å². The molecule has 0 aromatic heterocycles. The highest BCUT2D eigenvalue weighted by Gasteiger charge is 2.60. The Labute approximate surface area is 187 Å². The average molecular weight is 429 g/mol. The fourth-order valence-corrected chi connectivity index (χ4v) is 7.83. The van der Waals surface area contributed by atoms with Crippen molar-refractivity contribution in [1.29, 1.82) is 0 Å². The van der Waals surface area contributed by atoms with Gasteiger partial charge in [-0.05, 0) is 87.0 Å². The summed E-state index contributed by atoms with van der Waals surface area (Å²) >= 11 is 0. The molecule has 4 aliphatic rings. The van der Waals surface area contributed by atoms with Crippen molar-refractivity contribution in [3.63, 3.8) is 0 Å². The predicted octanol–water partition coefficient (Wildman–Crippen LogP) is 4.02. The van der Waals surface area contributed by atoms with Gasteiger partial charge in [0.2, 0.25) is 11.8 Å². The number of hydrogen-bond donors (Lipinski definition) is 2. The Hall–Kier alpha value is -1.65. The van der Waals surface area contributed by atoms with Crippen molar-refractivity contribution >= 4 is 17.6 Å². The number of nitrogens with one attached hydrogen (secondary N) is 2. The highest BCUT2D eigenvalue weighted by molar-refractivity contribution is 5.89. The standard InChI is InChI=1S/C26H40N2O3/c1-15(2)14-21(16(3)29)27-24(31)20-8-7-18-17-6-9-22-26(5,13-11-23(30)28-22)19(17)10-12-25(18,20)4/h11,13,15,17-22H,6-10,12,14H2,1-5H3,(H,27,31)(H,28,30)/t17-,18-,19+,20?,21?,22?,25-,26+/m0/s1. The molecule has 2 N–H and O–H groups in total. The molecule has 0 bridgehead atoms. The summed E-state index contributed by atoms with van der Waals surface area (Å²) in [5.41, 5.74) is 0.0325. The van der Waals surface area contributed by atoms with E-state index in [1.807, 2.05) is 0 Å². The van der Waals surface area contributed by atoms with E-state index in [-0.39, 0.29) is 46.4 Å². The summed E-state index contributed by atoms with van der Waals surface area (Å²) in [5, 5.41) is 6.34. The van der Waals surface area contributed by atoms with Crippen LogP contribution in [0.15, 0.2) is 12.2 Å². The van der Waals surface area contributed by atoms with Crippen molar-refractivity contribution in [2.75, 3.05) is 0 Å². The van der Waals surface area contributed by atoms with Gasteiger partial charge in [-0.3, -0.25) is 14.4 Å². The number of amides is 2. The number of carbonyl (C=O) groups is 3. The number of ketones is 1. The lowest BCUT2D eigenvalue weighted by molar-refractivity contribution is -0.136. The Morgan fingerprint density at radius 2 is 1.87 bits per heavy atom. The molecule has 3 aliphatic carbocycles. The molecular weight excluding hydrogens is 388 g/mol. The molecule has 0 aromatic carbocycles. The van der Waals surface area contributed by atoms with Gasteiger partial charge in [0.15, 0.2) is 5.78 Å². The van der Waals surface area contributed by atoms with Crippen LogP contribution in [0.2, 0.25) is 0 Å². The quantitative estimate of drug-likeness (QED) is 0.694. The molecule has 5 heteroatoms. The third kappa shape index (κ3) is 3.76. The van der Waals surface area contributed by atoms with E-state index in [0.717, 1.165) is 38.5 Å². The van der Waals surface area contributed by atoms with Crippen LogP contribution < -0.4 is 10.6 Å². The molecule has 4 rings (SSSR count). The zero-order chi connectivity index (χ0) is 22.6. The van der Waals surface area contributed by atoms with Gasteiger partial charge in [-0.2, -0.15) is 0 Å². The summed E-state index contributed by atoms with van der Waals surface area (Å²) in [6.45, 7) is 10.4. The van der Waals surface area contributed by atoms with Crippen molar-refractivity contribution in [3.05, 3.63) is 12.2 Å². The van der Waals surface area contributed by atoms with Gasteiger partial charge in [0, 0.05) is 17.4 Å². The summed E-state index contributed by atoms with van der Waals surface area (Å²) in [7, 11) is 0.